The first kappa shape index (κ1) is 23.1. The number of nitrogens with one attached hydrogen (secondary N) is 1. The van der Waals surface area contributed by atoms with Crippen molar-refractivity contribution in [2.75, 3.05) is 32.7 Å². The number of nitrogens with zero attached hydrogens (tertiary/aromatic N) is 6. The Morgan fingerprint density at radius 1 is 1.24 bits per heavy atom. The van der Waals surface area contributed by atoms with Gasteiger partial charge in [0.15, 0.2) is 0 Å². The maximum Gasteiger partial charge on any atom is 0.292 e. The van der Waals surface area contributed by atoms with Crippen LogP contribution in [-0.4, -0.2) is 108 Å². The fourth-order valence-electron chi connectivity index (χ4n) is 5.05. The molecule has 0 saturated carbocycles. The number of hydrogen-bond donors (Lipinski definition) is 2. The van der Waals surface area contributed by atoms with Gasteiger partial charge >= 0.3 is 0 Å². The van der Waals surface area contributed by atoms with Gasteiger partial charge in [-0.15, -0.1) is 0 Å². The molecule has 0 aromatic carbocycles. The lowest BCUT2D eigenvalue weighted by Crippen LogP contribution is -2.74. The summed E-state index contributed by atoms with van der Waals surface area (Å²) in [6.45, 7) is 4.58. The lowest BCUT2D eigenvalue weighted by Gasteiger charge is -2.50. The summed E-state index contributed by atoms with van der Waals surface area (Å²) in [5.74, 6) is -1.35. The van der Waals surface area contributed by atoms with Crippen molar-refractivity contribution in [3.63, 3.8) is 0 Å². The molecule has 2 N–H and O–H groups in total. The number of carbonyl (C=O) groups excluding carboxylic acids is 4. The fraction of sp³-hybridized carbons (Fsp3) is 0.714. The van der Waals surface area contributed by atoms with Gasteiger partial charge in [-0.1, -0.05) is 0 Å². The van der Waals surface area contributed by atoms with Gasteiger partial charge in [0, 0.05) is 26.7 Å². The zero-order chi connectivity index (χ0) is 24.0. The molecule has 33 heavy (non-hydrogen) atoms. The summed E-state index contributed by atoms with van der Waals surface area (Å²) in [6, 6.07) is 0. The Kier molecular flexibility index (Phi) is 5.89. The smallest absolute Gasteiger partial charge is 0.292 e. The van der Waals surface area contributed by atoms with Gasteiger partial charge in [-0.2, -0.15) is 5.10 Å². The van der Waals surface area contributed by atoms with Gasteiger partial charge in [-0.3, -0.25) is 19.2 Å². The molecule has 4 heterocycles. The van der Waals surface area contributed by atoms with Gasteiger partial charge in [0.1, 0.15) is 17.4 Å². The molecule has 0 bridgehead atoms. The molecule has 0 radical (unpaired) electrons. The second-order valence-corrected chi connectivity index (χ2v) is 9.39. The summed E-state index contributed by atoms with van der Waals surface area (Å²) in [5.41, 5.74) is -2.45. The third kappa shape index (κ3) is 3.75. The number of aryl methyl sites for hydroxylation is 1. The van der Waals surface area contributed by atoms with Crippen molar-refractivity contribution >= 4 is 23.6 Å². The Morgan fingerprint density at radius 3 is 2.52 bits per heavy atom. The Morgan fingerprint density at radius 2 is 1.94 bits per heavy atom. The first-order chi connectivity index (χ1) is 15.6. The summed E-state index contributed by atoms with van der Waals surface area (Å²) in [4.78, 5) is 60.4. The molecule has 3 aliphatic heterocycles. The lowest BCUT2D eigenvalue weighted by molar-refractivity contribution is -0.161. The van der Waals surface area contributed by atoms with E-state index in [2.05, 4.69) is 15.4 Å². The van der Waals surface area contributed by atoms with Crippen LogP contribution in [0.15, 0.2) is 6.33 Å². The van der Waals surface area contributed by atoms with Crippen LogP contribution >= 0.6 is 0 Å². The number of hydrogen-bond acceptors (Lipinski definition) is 7. The van der Waals surface area contributed by atoms with Gasteiger partial charge in [-0.05, 0) is 39.5 Å². The van der Waals surface area contributed by atoms with E-state index in [1.807, 2.05) is 0 Å². The van der Waals surface area contributed by atoms with Crippen molar-refractivity contribution in [3.8, 4) is 0 Å². The number of aliphatic hydroxyl groups excluding tert-OH is 1. The molecule has 3 saturated heterocycles. The largest absolute Gasteiger partial charge is 0.390 e. The minimum atomic E-state index is -1.48. The highest BCUT2D eigenvalue weighted by Crippen LogP contribution is 2.39. The van der Waals surface area contributed by atoms with Crippen molar-refractivity contribution in [2.24, 2.45) is 7.05 Å². The average Bonchev–Trinajstić information content (AvgIpc) is 3.53. The van der Waals surface area contributed by atoms with Crippen LogP contribution in [0.4, 0.5) is 0 Å². The molecule has 12 nitrogen and oxygen atoms in total. The van der Waals surface area contributed by atoms with Gasteiger partial charge < -0.3 is 25.1 Å². The second kappa shape index (κ2) is 8.40. The van der Waals surface area contributed by atoms with E-state index < -0.39 is 23.1 Å². The van der Waals surface area contributed by atoms with E-state index in [1.165, 1.54) is 34.7 Å². The number of rotatable bonds is 6. The minimum Gasteiger partial charge on any atom is -0.390 e. The summed E-state index contributed by atoms with van der Waals surface area (Å²) < 4.78 is 1.37. The number of amides is 4. The molecule has 1 aromatic rings. The third-order valence-electron chi connectivity index (χ3n) is 7.18. The SMILES string of the molecule is C[C@@H](O)[C@@](C)(NC(=O)CN1CC2(CCCN2C(=O)c2ncnn2C)C1=O)C(=O)N1CCCC1. The Labute approximate surface area is 191 Å². The molecule has 1 unspecified atom stereocenters. The highest BCUT2D eigenvalue weighted by Gasteiger charge is 2.60. The summed E-state index contributed by atoms with van der Waals surface area (Å²) in [7, 11) is 1.62. The van der Waals surface area contributed by atoms with Crippen LogP contribution in [0.3, 0.4) is 0 Å². The van der Waals surface area contributed by atoms with Gasteiger partial charge in [0.2, 0.25) is 11.7 Å². The van der Waals surface area contributed by atoms with E-state index in [-0.39, 0.29) is 36.6 Å². The molecule has 3 atom stereocenters. The quantitative estimate of drug-likeness (QED) is 0.492. The highest BCUT2D eigenvalue weighted by molar-refractivity contribution is 6.02. The van der Waals surface area contributed by atoms with Crippen LogP contribution < -0.4 is 5.32 Å². The van der Waals surface area contributed by atoms with Gasteiger partial charge in [-0.25, -0.2) is 9.67 Å². The molecule has 12 heteroatoms. The van der Waals surface area contributed by atoms with E-state index >= 15 is 0 Å². The highest BCUT2D eigenvalue weighted by atomic mass is 16.3. The van der Waals surface area contributed by atoms with Crippen LogP contribution in [-0.2, 0) is 21.4 Å². The lowest BCUT2D eigenvalue weighted by atomic mass is 9.85. The minimum absolute atomic E-state index is 0.161. The predicted molar refractivity (Wildman–Crippen MR) is 115 cm³/mol. The molecular weight excluding hydrogens is 430 g/mol. The van der Waals surface area contributed by atoms with Crippen LogP contribution in [0.5, 0.6) is 0 Å². The number of carbonyl (C=O) groups is 4. The Balaban J connectivity index is 1.41. The zero-order valence-corrected chi connectivity index (χ0v) is 19.3. The zero-order valence-electron chi connectivity index (χ0n) is 19.3. The van der Waals surface area contributed by atoms with Crippen LogP contribution in [0, 0.1) is 0 Å². The van der Waals surface area contributed by atoms with Crippen LogP contribution in [0.2, 0.25) is 0 Å². The predicted octanol–water partition coefficient (Wildman–Crippen LogP) is -1.49. The molecule has 4 rings (SSSR count). The molecule has 1 aromatic heterocycles. The maximum atomic E-state index is 13.1. The van der Waals surface area contributed by atoms with Gasteiger partial charge in [0.25, 0.3) is 17.7 Å². The topological polar surface area (TPSA) is 141 Å². The van der Waals surface area contributed by atoms with Gasteiger partial charge in [0.05, 0.1) is 19.2 Å². The second-order valence-electron chi connectivity index (χ2n) is 9.39. The number of aliphatic hydroxyl groups is 1. The Hall–Kier alpha value is -3.02. The van der Waals surface area contributed by atoms with Crippen LogP contribution in [0.25, 0.3) is 0 Å². The summed E-state index contributed by atoms with van der Waals surface area (Å²) >= 11 is 0. The molecule has 0 aliphatic carbocycles. The van der Waals surface area contributed by atoms with E-state index in [1.54, 1.807) is 11.9 Å². The number of aromatic nitrogens is 3. The number of likely N-dealkylation sites (tertiary alicyclic amines) is 3. The molecule has 3 fully saturated rings. The molecule has 3 aliphatic rings. The van der Waals surface area contributed by atoms with Crippen LogP contribution in [0.1, 0.15) is 50.1 Å². The van der Waals surface area contributed by atoms with Crippen molar-refractivity contribution in [3.05, 3.63) is 12.2 Å². The van der Waals surface area contributed by atoms with Crippen molar-refractivity contribution in [1.82, 2.24) is 34.8 Å². The average molecular weight is 462 g/mol. The number of β-lactam (4-membered cyclic amide) rings is 1. The molecule has 180 valence electrons. The third-order valence-corrected chi connectivity index (χ3v) is 7.18. The van der Waals surface area contributed by atoms with E-state index in [9.17, 15) is 24.3 Å². The molecule has 4 amide bonds. The fourth-order valence-corrected chi connectivity index (χ4v) is 5.05. The standard InChI is InChI=1S/C21H31N7O5/c1-14(29)20(2,18(32)26-8-4-5-9-26)24-15(30)11-27-12-21(19(27)33)7-6-10-28(21)17(31)16-22-13-23-25(16)3/h13-14,29H,4-12H2,1-3H3,(H,24,30)/t14-,20-,21?/m1/s1. The first-order valence-corrected chi connectivity index (χ1v) is 11.3. The molecule has 1 spiro atoms. The van der Waals surface area contributed by atoms with Crippen molar-refractivity contribution in [2.45, 2.75) is 56.7 Å². The Bertz CT molecular complexity index is 972. The summed E-state index contributed by atoms with van der Waals surface area (Å²) in [6.07, 6.45) is 3.17. The van der Waals surface area contributed by atoms with E-state index in [4.69, 9.17) is 0 Å². The van der Waals surface area contributed by atoms with E-state index in [0.717, 1.165) is 12.8 Å². The first-order valence-electron chi connectivity index (χ1n) is 11.3. The summed E-state index contributed by atoms with van der Waals surface area (Å²) in [5, 5.41) is 16.9. The normalized spacial score (nSPS) is 25.2. The molecular formula is C21H31N7O5. The van der Waals surface area contributed by atoms with E-state index in [0.29, 0.717) is 32.5 Å². The monoisotopic (exact) mass is 461 g/mol. The van der Waals surface area contributed by atoms with Crippen molar-refractivity contribution in [1.29, 1.82) is 0 Å². The maximum absolute atomic E-state index is 13.1. The van der Waals surface area contributed by atoms with Crippen molar-refractivity contribution < 1.29 is 24.3 Å².